The topological polar surface area (TPSA) is 25.2 Å². The number of piperidine rings is 1. The van der Waals surface area contributed by atoms with E-state index in [2.05, 4.69) is 77.9 Å². The Hall–Kier alpha value is -2.55. The number of aromatic nitrogens is 1. The van der Waals surface area contributed by atoms with Crippen LogP contribution in [0.15, 0.2) is 54.6 Å². The highest BCUT2D eigenvalue weighted by Gasteiger charge is 2.28. The molecule has 2 aromatic carbocycles. The molecule has 152 valence electrons. The fraction of sp³-hybridized carbons (Fsp3) is 0.423. The van der Waals surface area contributed by atoms with E-state index in [1.165, 1.54) is 16.5 Å². The Labute approximate surface area is 174 Å². The van der Waals surface area contributed by atoms with Gasteiger partial charge in [0.15, 0.2) is 0 Å². The summed E-state index contributed by atoms with van der Waals surface area (Å²) in [5.74, 6) is 0.890. The van der Waals surface area contributed by atoms with Gasteiger partial charge < -0.3 is 9.47 Å². The summed E-state index contributed by atoms with van der Waals surface area (Å²) >= 11 is 0. The van der Waals surface area contributed by atoms with Gasteiger partial charge in [0, 0.05) is 30.5 Å². The van der Waals surface area contributed by atoms with Gasteiger partial charge in [0.1, 0.15) is 5.69 Å². The molecule has 1 fully saturated rings. The number of fused-ring (bicyclic) bond motifs is 1. The molecule has 4 rings (SSSR count). The first-order valence-corrected chi connectivity index (χ1v) is 11.1. The van der Waals surface area contributed by atoms with Gasteiger partial charge in [0.05, 0.1) is 0 Å². The lowest BCUT2D eigenvalue weighted by atomic mass is 9.90. The summed E-state index contributed by atoms with van der Waals surface area (Å²) in [6, 6.07) is 19.2. The second-order valence-electron chi connectivity index (χ2n) is 8.42. The van der Waals surface area contributed by atoms with Crippen LogP contribution in [0.3, 0.4) is 0 Å². The minimum Gasteiger partial charge on any atom is -0.337 e. The molecule has 3 nitrogen and oxygen atoms in total. The first-order valence-electron chi connectivity index (χ1n) is 11.1. The number of hydrogen-bond acceptors (Lipinski definition) is 1. The zero-order chi connectivity index (χ0) is 20.2. The minimum atomic E-state index is 0.216. The molecular formula is C26H32N2O. The van der Waals surface area contributed by atoms with Crippen LogP contribution in [0.2, 0.25) is 0 Å². The van der Waals surface area contributed by atoms with Crippen molar-refractivity contribution in [3.05, 3.63) is 71.4 Å². The lowest BCUT2D eigenvalue weighted by molar-refractivity contribution is 0.0679. The standard InChI is InChI=1S/C26H32N2O/c1-3-4-16-28-24-13-9-8-12-23(24)20(2)25(28)26(29)27-17-14-22(15-18-27)19-21-10-6-5-7-11-21/h5-13,22H,3-4,14-19H2,1-2H3. The van der Waals surface area contributed by atoms with Gasteiger partial charge in [-0.3, -0.25) is 4.79 Å². The number of benzene rings is 2. The van der Waals surface area contributed by atoms with E-state index in [1.807, 2.05) is 0 Å². The number of unbranched alkanes of at least 4 members (excludes halogenated alkanes) is 1. The molecule has 3 heteroatoms. The lowest BCUT2D eigenvalue weighted by Crippen LogP contribution is -2.40. The van der Waals surface area contributed by atoms with Crippen molar-refractivity contribution in [2.45, 2.75) is 52.5 Å². The highest BCUT2D eigenvalue weighted by molar-refractivity contribution is 6.01. The molecule has 29 heavy (non-hydrogen) atoms. The fourth-order valence-electron chi connectivity index (χ4n) is 4.74. The summed E-state index contributed by atoms with van der Waals surface area (Å²) in [5, 5.41) is 1.21. The van der Waals surface area contributed by atoms with Gasteiger partial charge in [-0.2, -0.15) is 0 Å². The monoisotopic (exact) mass is 388 g/mol. The number of para-hydroxylation sites is 1. The highest BCUT2D eigenvalue weighted by Crippen LogP contribution is 2.29. The van der Waals surface area contributed by atoms with Crippen molar-refractivity contribution in [2.24, 2.45) is 5.92 Å². The van der Waals surface area contributed by atoms with Crippen LogP contribution in [-0.2, 0) is 13.0 Å². The molecular weight excluding hydrogens is 356 g/mol. The maximum absolute atomic E-state index is 13.5. The van der Waals surface area contributed by atoms with E-state index >= 15 is 0 Å². The summed E-state index contributed by atoms with van der Waals surface area (Å²) in [6.45, 7) is 6.96. The Kier molecular flexibility index (Phi) is 6.03. The number of rotatable bonds is 6. The number of aryl methyl sites for hydroxylation is 2. The van der Waals surface area contributed by atoms with Crippen molar-refractivity contribution in [1.82, 2.24) is 9.47 Å². The molecule has 0 radical (unpaired) electrons. The van der Waals surface area contributed by atoms with Crippen molar-refractivity contribution in [3.63, 3.8) is 0 Å². The molecule has 0 atom stereocenters. The van der Waals surface area contributed by atoms with Crippen molar-refractivity contribution in [1.29, 1.82) is 0 Å². The van der Waals surface area contributed by atoms with Gasteiger partial charge in [0.25, 0.3) is 5.91 Å². The Bertz CT molecular complexity index is 965. The Morgan fingerprint density at radius 3 is 2.41 bits per heavy atom. The number of hydrogen-bond donors (Lipinski definition) is 0. The smallest absolute Gasteiger partial charge is 0.270 e. The predicted octanol–water partition coefficient (Wildman–Crippen LogP) is 5.84. The molecule has 1 aromatic heterocycles. The molecule has 1 aliphatic heterocycles. The van der Waals surface area contributed by atoms with Crippen LogP contribution in [0.1, 0.15) is 54.2 Å². The van der Waals surface area contributed by atoms with E-state index in [4.69, 9.17) is 0 Å². The number of nitrogens with zero attached hydrogens (tertiary/aromatic N) is 2. The number of amides is 1. The average molecular weight is 389 g/mol. The predicted molar refractivity (Wildman–Crippen MR) is 120 cm³/mol. The normalized spacial score (nSPS) is 15.2. The van der Waals surface area contributed by atoms with Crippen molar-refractivity contribution < 1.29 is 4.79 Å². The number of carbonyl (C=O) groups is 1. The number of carbonyl (C=O) groups excluding carboxylic acids is 1. The molecule has 0 N–H and O–H groups in total. The fourth-order valence-corrected chi connectivity index (χ4v) is 4.74. The van der Waals surface area contributed by atoms with Crippen molar-refractivity contribution in [3.8, 4) is 0 Å². The Balaban J connectivity index is 1.51. The molecule has 1 aliphatic rings. The first-order chi connectivity index (χ1) is 14.2. The van der Waals surface area contributed by atoms with Crippen LogP contribution in [0.25, 0.3) is 10.9 Å². The second kappa shape index (κ2) is 8.86. The summed E-state index contributed by atoms with van der Waals surface area (Å²) in [7, 11) is 0. The van der Waals surface area contributed by atoms with Gasteiger partial charge in [-0.15, -0.1) is 0 Å². The maximum Gasteiger partial charge on any atom is 0.270 e. The van der Waals surface area contributed by atoms with Crippen molar-refractivity contribution in [2.75, 3.05) is 13.1 Å². The summed E-state index contributed by atoms with van der Waals surface area (Å²) < 4.78 is 2.27. The largest absolute Gasteiger partial charge is 0.337 e. The third kappa shape index (κ3) is 4.10. The second-order valence-corrected chi connectivity index (χ2v) is 8.42. The summed E-state index contributed by atoms with van der Waals surface area (Å²) in [5.41, 5.74) is 4.64. The first kappa shape index (κ1) is 19.8. The molecule has 1 saturated heterocycles. The van der Waals surface area contributed by atoms with Gasteiger partial charge >= 0.3 is 0 Å². The van der Waals surface area contributed by atoms with Crippen LogP contribution in [0.4, 0.5) is 0 Å². The van der Waals surface area contributed by atoms with Gasteiger partial charge in [-0.25, -0.2) is 0 Å². The molecule has 0 aliphatic carbocycles. The van der Waals surface area contributed by atoms with Gasteiger partial charge in [-0.1, -0.05) is 61.9 Å². The van der Waals surface area contributed by atoms with Gasteiger partial charge in [-0.05, 0) is 55.7 Å². The third-order valence-corrected chi connectivity index (χ3v) is 6.43. The SMILES string of the molecule is CCCCn1c(C(=O)N2CCC(Cc3ccccc3)CC2)c(C)c2ccccc21. The lowest BCUT2D eigenvalue weighted by Gasteiger charge is -2.32. The van der Waals surface area contributed by atoms with Crippen molar-refractivity contribution >= 4 is 16.8 Å². The summed E-state index contributed by atoms with van der Waals surface area (Å²) in [6.07, 6.45) is 5.53. The van der Waals surface area contributed by atoms with E-state index < -0.39 is 0 Å². The molecule has 0 unspecified atom stereocenters. The molecule has 2 heterocycles. The quantitative estimate of drug-likeness (QED) is 0.520. The van der Waals surface area contributed by atoms with E-state index in [0.29, 0.717) is 5.92 Å². The molecule has 0 saturated carbocycles. The van der Waals surface area contributed by atoms with Crippen LogP contribution in [-0.4, -0.2) is 28.5 Å². The number of likely N-dealkylation sites (tertiary alicyclic amines) is 1. The van der Waals surface area contributed by atoms with E-state index in [1.54, 1.807) is 0 Å². The van der Waals surface area contributed by atoms with E-state index in [0.717, 1.165) is 63.0 Å². The Morgan fingerprint density at radius 1 is 1.00 bits per heavy atom. The van der Waals surface area contributed by atoms with E-state index in [9.17, 15) is 4.79 Å². The molecule has 1 amide bonds. The maximum atomic E-state index is 13.5. The Morgan fingerprint density at radius 2 is 1.69 bits per heavy atom. The molecule has 3 aromatic rings. The molecule has 0 spiro atoms. The third-order valence-electron chi connectivity index (χ3n) is 6.43. The van der Waals surface area contributed by atoms with E-state index in [-0.39, 0.29) is 5.91 Å². The zero-order valence-corrected chi connectivity index (χ0v) is 17.7. The van der Waals surface area contributed by atoms with Crippen LogP contribution in [0, 0.1) is 12.8 Å². The average Bonchev–Trinajstić information content (AvgIpc) is 3.05. The van der Waals surface area contributed by atoms with Crippen LogP contribution < -0.4 is 0 Å². The van der Waals surface area contributed by atoms with Gasteiger partial charge in [0.2, 0.25) is 0 Å². The van der Waals surface area contributed by atoms with Crippen LogP contribution in [0.5, 0.6) is 0 Å². The zero-order valence-electron chi connectivity index (χ0n) is 17.7. The summed E-state index contributed by atoms with van der Waals surface area (Å²) in [4.78, 5) is 15.6. The minimum absolute atomic E-state index is 0.216. The molecule has 0 bridgehead atoms. The highest BCUT2D eigenvalue weighted by atomic mass is 16.2. The van der Waals surface area contributed by atoms with Crippen LogP contribution >= 0.6 is 0 Å².